The summed E-state index contributed by atoms with van der Waals surface area (Å²) < 4.78 is 6.03. The van der Waals surface area contributed by atoms with Crippen molar-refractivity contribution in [3.8, 4) is 5.75 Å². The number of aromatic nitrogens is 1. The molecule has 0 bridgehead atoms. The molecule has 176 valence electrons. The van der Waals surface area contributed by atoms with Gasteiger partial charge in [-0.05, 0) is 61.9 Å². The van der Waals surface area contributed by atoms with Gasteiger partial charge < -0.3 is 15.4 Å². The van der Waals surface area contributed by atoms with Gasteiger partial charge in [-0.1, -0.05) is 32.0 Å². The fraction of sp³-hybridized carbons (Fsp3) is 0.500. The van der Waals surface area contributed by atoms with Crippen molar-refractivity contribution in [2.24, 2.45) is 17.1 Å². The highest BCUT2D eigenvalue weighted by atomic mass is 16.5. The standard InChI is InChI=1S/C26H34N4O3/c1-19(2)17-33-22-8-4-3-6-20(22)16-29-13-9-26(10-14-29)11-15-30(18-26)25(32)23-21(24(27)31)7-5-12-28-23/h3-8,12,19H,9-11,13-18H2,1-2H3,(H2,27,31). The van der Waals surface area contributed by atoms with E-state index in [0.717, 1.165) is 51.3 Å². The van der Waals surface area contributed by atoms with Crippen LogP contribution in [0.2, 0.25) is 0 Å². The van der Waals surface area contributed by atoms with Gasteiger partial charge >= 0.3 is 0 Å². The van der Waals surface area contributed by atoms with Crippen molar-refractivity contribution in [2.45, 2.75) is 39.7 Å². The van der Waals surface area contributed by atoms with Gasteiger partial charge in [0.15, 0.2) is 0 Å². The van der Waals surface area contributed by atoms with Crippen LogP contribution < -0.4 is 10.5 Å². The normalized spacial score (nSPS) is 18.1. The maximum atomic E-state index is 13.1. The van der Waals surface area contributed by atoms with Gasteiger partial charge in [-0.25, -0.2) is 0 Å². The molecule has 2 aliphatic heterocycles. The number of likely N-dealkylation sites (tertiary alicyclic amines) is 2. The molecular weight excluding hydrogens is 416 g/mol. The lowest BCUT2D eigenvalue weighted by Crippen LogP contribution is -2.42. The second-order valence-corrected chi connectivity index (χ2v) is 9.83. The van der Waals surface area contributed by atoms with Crippen molar-refractivity contribution >= 4 is 11.8 Å². The predicted molar refractivity (Wildman–Crippen MR) is 127 cm³/mol. The maximum Gasteiger partial charge on any atom is 0.273 e. The minimum Gasteiger partial charge on any atom is -0.493 e. The third-order valence-electron chi connectivity index (χ3n) is 6.86. The SMILES string of the molecule is CC(C)COc1ccccc1CN1CCC2(CC1)CCN(C(=O)c1ncccc1C(N)=O)C2. The van der Waals surface area contributed by atoms with E-state index in [2.05, 4.69) is 41.9 Å². The number of amides is 2. The van der Waals surface area contributed by atoms with Crippen molar-refractivity contribution in [2.75, 3.05) is 32.8 Å². The lowest BCUT2D eigenvalue weighted by molar-refractivity contribution is 0.0703. The first-order valence-electron chi connectivity index (χ1n) is 11.8. The second kappa shape index (κ2) is 9.91. The zero-order valence-corrected chi connectivity index (χ0v) is 19.6. The van der Waals surface area contributed by atoms with Crippen LogP contribution in [0.3, 0.4) is 0 Å². The number of carbonyl (C=O) groups is 2. The molecule has 3 heterocycles. The number of nitrogens with zero attached hydrogens (tertiary/aromatic N) is 3. The maximum absolute atomic E-state index is 13.1. The molecule has 1 spiro atoms. The van der Waals surface area contributed by atoms with Crippen LogP contribution in [0.25, 0.3) is 0 Å². The molecule has 4 rings (SSSR count). The number of para-hydroxylation sites is 1. The van der Waals surface area contributed by atoms with E-state index in [1.54, 1.807) is 12.1 Å². The summed E-state index contributed by atoms with van der Waals surface area (Å²) in [6.07, 6.45) is 4.62. The lowest BCUT2D eigenvalue weighted by Gasteiger charge is -2.39. The molecular formula is C26H34N4O3. The number of benzene rings is 1. The van der Waals surface area contributed by atoms with Crippen LogP contribution in [-0.2, 0) is 6.54 Å². The zero-order chi connectivity index (χ0) is 23.4. The first kappa shape index (κ1) is 23.2. The summed E-state index contributed by atoms with van der Waals surface area (Å²) in [5.41, 5.74) is 7.17. The third kappa shape index (κ3) is 5.36. The Bertz CT molecular complexity index is 999. The largest absolute Gasteiger partial charge is 0.493 e. The first-order valence-corrected chi connectivity index (χ1v) is 11.8. The lowest BCUT2D eigenvalue weighted by atomic mass is 9.77. The highest BCUT2D eigenvalue weighted by Gasteiger charge is 2.42. The average molecular weight is 451 g/mol. The summed E-state index contributed by atoms with van der Waals surface area (Å²) in [5.74, 6) is 0.655. The highest BCUT2D eigenvalue weighted by Crippen LogP contribution is 2.41. The number of ether oxygens (including phenoxy) is 1. The van der Waals surface area contributed by atoms with Gasteiger partial charge in [-0.3, -0.25) is 19.5 Å². The van der Waals surface area contributed by atoms with Crippen LogP contribution in [0.1, 0.15) is 59.5 Å². The highest BCUT2D eigenvalue weighted by molar-refractivity contribution is 6.05. The van der Waals surface area contributed by atoms with Gasteiger partial charge in [-0.2, -0.15) is 0 Å². The summed E-state index contributed by atoms with van der Waals surface area (Å²) in [4.78, 5) is 33.3. The summed E-state index contributed by atoms with van der Waals surface area (Å²) in [7, 11) is 0. The molecule has 1 aromatic heterocycles. The number of hydrogen-bond donors (Lipinski definition) is 1. The number of hydrogen-bond acceptors (Lipinski definition) is 5. The predicted octanol–water partition coefficient (Wildman–Crippen LogP) is 3.34. The Hall–Kier alpha value is -2.93. The molecule has 0 atom stereocenters. The topological polar surface area (TPSA) is 88.8 Å². The average Bonchev–Trinajstić information content (AvgIpc) is 3.23. The molecule has 2 N–H and O–H groups in total. The second-order valence-electron chi connectivity index (χ2n) is 9.83. The Balaban J connectivity index is 1.35. The number of carbonyl (C=O) groups excluding carboxylic acids is 2. The van der Waals surface area contributed by atoms with Crippen LogP contribution in [0.4, 0.5) is 0 Å². The Morgan fingerprint density at radius 3 is 2.55 bits per heavy atom. The molecule has 2 aliphatic rings. The van der Waals surface area contributed by atoms with Crippen molar-refractivity contribution in [1.82, 2.24) is 14.8 Å². The van der Waals surface area contributed by atoms with Crippen LogP contribution in [0, 0.1) is 11.3 Å². The number of piperidine rings is 1. The first-order chi connectivity index (χ1) is 15.9. The van der Waals surface area contributed by atoms with Gasteiger partial charge in [0, 0.05) is 31.4 Å². The van der Waals surface area contributed by atoms with Crippen molar-refractivity contribution < 1.29 is 14.3 Å². The fourth-order valence-corrected chi connectivity index (χ4v) is 4.90. The summed E-state index contributed by atoms with van der Waals surface area (Å²) in [6.45, 7) is 9.31. The van der Waals surface area contributed by atoms with Gasteiger partial charge in [-0.15, -0.1) is 0 Å². The van der Waals surface area contributed by atoms with Crippen molar-refractivity contribution in [3.63, 3.8) is 0 Å². The van der Waals surface area contributed by atoms with E-state index >= 15 is 0 Å². The molecule has 0 radical (unpaired) electrons. The van der Waals surface area contributed by atoms with E-state index in [9.17, 15) is 9.59 Å². The zero-order valence-electron chi connectivity index (χ0n) is 19.6. The summed E-state index contributed by atoms with van der Waals surface area (Å²) in [5, 5.41) is 0. The molecule has 2 fully saturated rings. The van der Waals surface area contributed by atoms with E-state index in [4.69, 9.17) is 10.5 Å². The molecule has 0 unspecified atom stereocenters. The Morgan fingerprint density at radius 1 is 1.09 bits per heavy atom. The molecule has 0 saturated carbocycles. The molecule has 0 aliphatic carbocycles. The number of rotatable bonds is 7. The van der Waals surface area contributed by atoms with Crippen LogP contribution in [-0.4, -0.2) is 59.4 Å². The molecule has 2 amide bonds. The summed E-state index contributed by atoms with van der Waals surface area (Å²) >= 11 is 0. The van der Waals surface area contributed by atoms with Crippen molar-refractivity contribution in [3.05, 3.63) is 59.4 Å². The van der Waals surface area contributed by atoms with E-state index in [-0.39, 0.29) is 22.6 Å². The van der Waals surface area contributed by atoms with E-state index in [0.29, 0.717) is 19.0 Å². The van der Waals surface area contributed by atoms with Crippen LogP contribution >= 0.6 is 0 Å². The molecule has 7 heteroatoms. The minimum absolute atomic E-state index is 0.140. The number of primary amides is 1. The third-order valence-corrected chi connectivity index (χ3v) is 6.86. The molecule has 2 saturated heterocycles. The van der Waals surface area contributed by atoms with E-state index in [1.165, 1.54) is 11.8 Å². The van der Waals surface area contributed by atoms with Gasteiger partial charge in [0.2, 0.25) is 0 Å². The monoisotopic (exact) mass is 450 g/mol. The van der Waals surface area contributed by atoms with E-state index in [1.807, 2.05) is 11.0 Å². The van der Waals surface area contributed by atoms with Gasteiger partial charge in [0.25, 0.3) is 11.8 Å². The minimum atomic E-state index is -0.619. The number of nitrogens with two attached hydrogens (primary N) is 1. The molecule has 1 aromatic carbocycles. The smallest absolute Gasteiger partial charge is 0.273 e. The van der Waals surface area contributed by atoms with Crippen LogP contribution in [0.15, 0.2) is 42.6 Å². The quantitative estimate of drug-likeness (QED) is 0.699. The van der Waals surface area contributed by atoms with E-state index < -0.39 is 5.91 Å². The molecule has 2 aromatic rings. The Kier molecular flexibility index (Phi) is 6.98. The van der Waals surface area contributed by atoms with Gasteiger partial charge in [0.05, 0.1) is 12.2 Å². The molecule has 33 heavy (non-hydrogen) atoms. The van der Waals surface area contributed by atoms with Gasteiger partial charge in [0.1, 0.15) is 11.4 Å². The summed E-state index contributed by atoms with van der Waals surface area (Å²) in [6, 6.07) is 11.5. The van der Waals surface area contributed by atoms with Crippen molar-refractivity contribution in [1.29, 1.82) is 0 Å². The fourth-order valence-electron chi connectivity index (χ4n) is 4.90. The Labute approximate surface area is 195 Å². The molecule has 7 nitrogen and oxygen atoms in total. The number of pyridine rings is 1. The Morgan fingerprint density at radius 2 is 1.82 bits per heavy atom. The van der Waals surface area contributed by atoms with Crippen LogP contribution in [0.5, 0.6) is 5.75 Å².